The van der Waals surface area contributed by atoms with Crippen LogP contribution >= 0.6 is 22.9 Å². The molecule has 0 spiro atoms. The fraction of sp³-hybridized carbons (Fsp3) is 0.200. The van der Waals surface area contributed by atoms with Crippen LogP contribution in [0.15, 0.2) is 18.2 Å². The molecule has 0 fully saturated rings. The molecule has 1 aromatic carbocycles. The third-order valence-corrected chi connectivity index (χ3v) is 3.58. The number of hydrogen-bond acceptors (Lipinski definition) is 1. The minimum atomic E-state index is -0.177. The molecule has 0 amide bonds. The molecular weight excluding hydrogens is 207 g/mol. The Balaban J connectivity index is 2.86. The molecule has 0 aliphatic heterocycles. The topological polar surface area (TPSA) is 0 Å². The minimum Gasteiger partial charge on any atom is -0.205 e. The molecule has 3 heteroatoms. The Morgan fingerprint density at radius 3 is 2.92 bits per heavy atom. The molecule has 0 bridgehead atoms. The fourth-order valence-corrected chi connectivity index (χ4v) is 2.93. The van der Waals surface area contributed by atoms with Gasteiger partial charge in [0.05, 0.1) is 9.04 Å². The first-order chi connectivity index (χ1) is 6.24. The lowest BCUT2D eigenvalue weighted by atomic mass is 10.1. The zero-order valence-electron chi connectivity index (χ0n) is 7.10. The van der Waals surface area contributed by atoms with Gasteiger partial charge in [-0.3, -0.25) is 0 Å². The van der Waals surface area contributed by atoms with Crippen LogP contribution in [-0.4, -0.2) is 0 Å². The maximum Gasteiger partial charge on any atom is 0.141 e. The number of thiophene rings is 1. The molecule has 0 aliphatic carbocycles. The van der Waals surface area contributed by atoms with Gasteiger partial charge in [0.25, 0.3) is 0 Å². The second-order valence-corrected chi connectivity index (χ2v) is 4.45. The van der Waals surface area contributed by atoms with Crippen molar-refractivity contribution in [3.8, 4) is 0 Å². The molecule has 0 saturated carbocycles. The van der Waals surface area contributed by atoms with Gasteiger partial charge in [-0.1, -0.05) is 30.7 Å². The van der Waals surface area contributed by atoms with E-state index in [-0.39, 0.29) is 5.82 Å². The highest BCUT2D eigenvalue weighted by atomic mass is 35.5. The van der Waals surface area contributed by atoms with E-state index < -0.39 is 0 Å². The lowest BCUT2D eigenvalue weighted by Crippen LogP contribution is -1.78. The summed E-state index contributed by atoms with van der Waals surface area (Å²) in [5.41, 5.74) is 1.06. The lowest BCUT2D eigenvalue weighted by molar-refractivity contribution is 0.641. The van der Waals surface area contributed by atoms with E-state index in [1.165, 1.54) is 17.4 Å². The molecule has 2 aromatic rings. The molecule has 0 saturated heterocycles. The van der Waals surface area contributed by atoms with Crippen LogP contribution in [0.4, 0.5) is 4.39 Å². The van der Waals surface area contributed by atoms with Gasteiger partial charge in [-0.2, -0.15) is 0 Å². The van der Waals surface area contributed by atoms with Crippen molar-refractivity contribution in [2.45, 2.75) is 13.3 Å². The van der Waals surface area contributed by atoms with Gasteiger partial charge < -0.3 is 0 Å². The van der Waals surface area contributed by atoms with Crippen LogP contribution < -0.4 is 0 Å². The Bertz CT molecular complexity index is 447. The Labute approximate surface area is 85.0 Å². The molecule has 0 atom stereocenters. The zero-order valence-corrected chi connectivity index (χ0v) is 8.68. The van der Waals surface area contributed by atoms with Gasteiger partial charge in [-0.05, 0) is 18.1 Å². The fourth-order valence-electron chi connectivity index (χ4n) is 1.44. The Hall–Kier alpha value is -0.600. The highest BCUT2D eigenvalue weighted by molar-refractivity contribution is 7.23. The van der Waals surface area contributed by atoms with Gasteiger partial charge in [0.2, 0.25) is 0 Å². The molecule has 13 heavy (non-hydrogen) atoms. The standard InChI is InChI=1S/C10H8ClFS/c1-2-6-7-4-3-5-8(12)9(7)13-10(6)11/h3-5H,2H2,1H3. The molecule has 0 unspecified atom stereocenters. The molecule has 0 aliphatic rings. The quantitative estimate of drug-likeness (QED) is 0.666. The summed E-state index contributed by atoms with van der Waals surface area (Å²) in [4.78, 5) is 0. The number of rotatable bonds is 1. The minimum absolute atomic E-state index is 0.177. The van der Waals surface area contributed by atoms with E-state index in [2.05, 4.69) is 0 Å². The van der Waals surface area contributed by atoms with Gasteiger partial charge in [-0.15, -0.1) is 11.3 Å². The summed E-state index contributed by atoms with van der Waals surface area (Å²) in [6.45, 7) is 2.03. The van der Waals surface area contributed by atoms with Gasteiger partial charge in [0.1, 0.15) is 5.82 Å². The van der Waals surface area contributed by atoms with Gasteiger partial charge in [0, 0.05) is 5.39 Å². The van der Waals surface area contributed by atoms with E-state index >= 15 is 0 Å². The van der Waals surface area contributed by atoms with Crippen molar-refractivity contribution in [1.29, 1.82) is 0 Å². The lowest BCUT2D eigenvalue weighted by Gasteiger charge is -1.94. The monoisotopic (exact) mass is 214 g/mol. The first kappa shape index (κ1) is 8.97. The van der Waals surface area contributed by atoms with E-state index in [0.717, 1.165) is 17.4 Å². The van der Waals surface area contributed by atoms with Gasteiger partial charge in [0.15, 0.2) is 0 Å². The Morgan fingerprint density at radius 2 is 2.23 bits per heavy atom. The van der Waals surface area contributed by atoms with Crippen LogP contribution in [0.1, 0.15) is 12.5 Å². The van der Waals surface area contributed by atoms with Crippen molar-refractivity contribution in [3.05, 3.63) is 33.9 Å². The predicted octanol–water partition coefficient (Wildman–Crippen LogP) is 4.26. The van der Waals surface area contributed by atoms with E-state index in [1.807, 2.05) is 13.0 Å². The van der Waals surface area contributed by atoms with Crippen LogP contribution in [-0.2, 0) is 6.42 Å². The molecule has 0 radical (unpaired) electrons. The number of benzene rings is 1. The maximum atomic E-state index is 13.3. The van der Waals surface area contributed by atoms with Crippen LogP contribution in [0.25, 0.3) is 10.1 Å². The maximum absolute atomic E-state index is 13.3. The van der Waals surface area contributed by atoms with Gasteiger partial charge >= 0.3 is 0 Å². The third-order valence-electron chi connectivity index (χ3n) is 2.07. The van der Waals surface area contributed by atoms with Crippen molar-refractivity contribution in [2.24, 2.45) is 0 Å². The average molecular weight is 215 g/mol. The van der Waals surface area contributed by atoms with Crippen molar-refractivity contribution in [2.75, 3.05) is 0 Å². The first-order valence-electron chi connectivity index (χ1n) is 4.09. The van der Waals surface area contributed by atoms with Crippen molar-refractivity contribution in [3.63, 3.8) is 0 Å². The molecule has 0 nitrogen and oxygen atoms in total. The van der Waals surface area contributed by atoms with E-state index in [9.17, 15) is 4.39 Å². The SMILES string of the molecule is CCc1c(Cl)sc2c(F)cccc12. The van der Waals surface area contributed by atoms with Crippen LogP contribution in [0.2, 0.25) is 4.34 Å². The summed E-state index contributed by atoms with van der Waals surface area (Å²) < 4.78 is 14.6. The van der Waals surface area contributed by atoms with Crippen LogP contribution in [0.3, 0.4) is 0 Å². The molecule has 1 heterocycles. The second-order valence-electron chi connectivity index (χ2n) is 2.82. The van der Waals surface area contributed by atoms with Crippen molar-refractivity contribution in [1.82, 2.24) is 0 Å². The largest absolute Gasteiger partial charge is 0.205 e. The Kier molecular flexibility index (Phi) is 2.26. The highest BCUT2D eigenvalue weighted by Crippen LogP contribution is 2.36. The molecule has 0 N–H and O–H groups in total. The summed E-state index contributed by atoms with van der Waals surface area (Å²) in [5, 5.41) is 0.956. The smallest absolute Gasteiger partial charge is 0.141 e. The summed E-state index contributed by atoms with van der Waals surface area (Å²) in [6.07, 6.45) is 0.849. The molecular formula is C10H8ClFS. The number of hydrogen-bond donors (Lipinski definition) is 0. The second kappa shape index (κ2) is 3.28. The number of halogens is 2. The van der Waals surface area contributed by atoms with Crippen molar-refractivity contribution >= 4 is 33.0 Å². The molecule has 2 rings (SSSR count). The van der Waals surface area contributed by atoms with Crippen molar-refractivity contribution < 1.29 is 4.39 Å². The average Bonchev–Trinajstić information content (AvgIpc) is 2.43. The normalized spacial score (nSPS) is 11.0. The van der Waals surface area contributed by atoms with E-state index in [0.29, 0.717) is 9.04 Å². The highest BCUT2D eigenvalue weighted by Gasteiger charge is 2.10. The number of fused-ring (bicyclic) bond motifs is 1. The van der Waals surface area contributed by atoms with E-state index in [4.69, 9.17) is 11.6 Å². The summed E-state index contributed by atoms with van der Waals surface area (Å²) >= 11 is 7.31. The third kappa shape index (κ3) is 1.34. The summed E-state index contributed by atoms with van der Waals surface area (Å²) in [5.74, 6) is -0.177. The van der Waals surface area contributed by atoms with E-state index in [1.54, 1.807) is 6.07 Å². The summed E-state index contributed by atoms with van der Waals surface area (Å²) in [6, 6.07) is 5.11. The molecule has 68 valence electrons. The predicted molar refractivity (Wildman–Crippen MR) is 56.2 cm³/mol. The zero-order chi connectivity index (χ0) is 9.42. The van der Waals surface area contributed by atoms with Crippen LogP contribution in [0, 0.1) is 5.82 Å². The number of aryl methyl sites for hydroxylation is 1. The van der Waals surface area contributed by atoms with Gasteiger partial charge in [-0.25, -0.2) is 4.39 Å². The first-order valence-corrected chi connectivity index (χ1v) is 5.29. The summed E-state index contributed by atoms with van der Waals surface area (Å²) in [7, 11) is 0. The van der Waals surface area contributed by atoms with Crippen LogP contribution in [0.5, 0.6) is 0 Å². The Morgan fingerprint density at radius 1 is 1.46 bits per heavy atom. The molecule has 1 aromatic heterocycles.